The standard InChI is InChI=1S/C18H19N3O3S2/c1-3-26(22,23)21-16-10-8-15(9-11-16)17-19-20-18(24-17)25-12-14-6-4-13(2)5-7-14/h4-11,21H,3,12H2,1-2H3. The molecule has 0 saturated carbocycles. The molecule has 6 nitrogen and oxygen atoms in total. The average Bonchev–Trinajstić information content (AvgIpc) is 3.11. The molecular formula is C18H19N3O3S2. The minimum absolute atomic E-state index is 0.0278. The van der Waals surface area contributed by atoms with E-state index in [1.807, 2.05) is 0 Å². The van der Waals surface area contributed by atoms with E-state index >= 15 is 0 Å². The zero-order valence-electron chi connectivity index (χ0n) is 14.5. The van der Waals surface area contributed by atoms with Crippen molar-refractivity contribution >= 4 is 27.5 Å². The van der Waals surface area contributed by atoms with E-state index < -0.39 is 10.0 Å². The van der Waals surface area contributed by atoms with Crippen molar-refractivity contribution in [2.45, 2.75) is 24.8 Å². The van der Waals surface area contributed by atoms with E-state index in [-0.39, 0.29) is 5.75 Å². The Morgan fingerprint density at radius 3 is 2.38 bits per heavy atom. The van der Waals surface area contributed by atoms with Crippen molar-refractivity contribution in [1.29, 1.82) is 0 Å². The minimum Gasteiger partial charge on any atom is -0.411 e. The van der Waals surface area contributed by atoms with Gasteiger partial charge in [0.2, 0.25) is 15.9 Å². The van der Waals surface area contributed by atoms with Gasteiger partial charge in [0.15, 0.2) is 0 Å². The normalized spacial score (nSPS) is 11.5. The molecule has 26 heavy (non-hydrogen) atoms. The zero-order chi connectivity index (χ0) is 18.6. The van der Waals surface area contributed by atoms with E-state index in [1.165, 1.54) is 22.9 Å². The van der Waals surface area contributed by atoms with Gasteiger partial charge in [-0.15, -0.1) is 10.2 Å². The largest absolute Gasteiger partial charge is 0.411 e. The highest BCUT2D eigenvalue weighted by molar-refractivity contribution is 7.98. The summed E-state index contributed by atoms with van der Waals surface area (Å²) in [5.74, 6) is 1.18. The Kier molecular flexibility index (Phi) is 5.63. The van der Waals surface area contributed by atoms with Gasteiger partial charge in [-0.3, -0.25) is 4.72 Å². The minimum atomic E-state index is -3.29. The number of nitrogens with zero attached hydrogens (tertiary/aromatic N) is 2. The smallest absolute Gasteiger partial charge is 0.277 e. The maximum absolute atomic E-state index is 11.6. The number of rotatable bonds is 7. The lowest BCUT2D eigenvalue weighted by Crippen LogP contribution is -2.14. The molecule has 0 radical (unpaired) electrons. The number of thioether (sulfide) groups is 1. The first kappa shape index (κ1) is 18.5. The van der Waals surface area contributed by atoms with Gasteiger partial charge in [0.1, 0.15) is 0 Å². The van der Waals surface area contributed by atoms with Crippen LogP contribution in [-0.4, -0.2) is 24.4 Å². The number of hydrogen-bond donors (Lipinski definition) is 1. The van der Waals surface area contributed by atoms with Crippen LogP contribution in [0.2, 0.25) is 0 Å². The third kappa shape index (κ3) is 4.86. The summed E-state index contributed by atoms with van der Waals surface area (Å²) in [6, 6.07) is 15.1. The highest BCUT2D eigenvalue weighted by atomic mass is 32.2. The summed E-state index contributed by atoms with van der Waals surface area (Å²) in [5.41, 5.74) is 3.65. The van der Waals surface area contributed by atoms with Crippen molar-refractivity contribution < 1.29 is 12.8 Å². The Morgan fingerprint density at radius 2 is 1.73 bits per heavy atom. The molecule has 0 fully saturated rings. The van der Waals surface area contributed by atoms with Gasteiger partial charge in [-0.1, -0.05) is 41.6 Å². The molecule has 3 rings (SSSR count). The van der Waals surface area contributed by atoms with Crippen molar-refractivity contribution in [2.75, 3.05) is 10.5 Å². The molecule has 1 heterocycles. The summed E-state index contributed by atoms with van der Waals surface area (Å²) in [4.78, 5) is 0. The first-order chi connectivity index (χ1) is 12.4. The number of anilines is 1. The second kappa shape index (κ2) is 7.92. The van der Waals surface area contributed by atoms with E-state index in [4.69, 9.17) is 4.42 Å². The predicted octanol–water partition coefficient (Wildman–Crippen LogP) is 4.10. The molecule has 0 amide bonds. The molecule has 2 aromatic carbocycles. The van der Waals surface area contributed by atoms with Crippen molar-refractivity contribution in [3.05, 3.63) is 59.7 Å². The van der Waals surface area contributed by atoms with Crippen LogP contribution in [0.5, 0.6) is 0 Å². The monoisotopic (exact) mass is 389 g/mol. The van der Waals surface area contributed by atoms with Crippen LogP contribution in [0.1, 0.15) is 18.1 Å². The number of aryl methyl sites for hydroxylation is 1. The Morgan fingerprint density at radius 1 is 1.04 bits per heavy atom. The van der Waals surface area contributed by atoms with Crippen LogP contribution in [0, 0.1) is 6.92 Å². The molecular weight excluding hydrogens is 370 g/mol. The molecule has 0 spiro atoms. The number of benzene rings is 2. The first-order valence-electron chi connectivity index (χ1n) is 8.08. The van der Waals surface area contributed by atoms with Crippen LogP contribution in [0.3, 0.4) is 0 Å². The number of sulfonamides is 1. The summed E-state index contributed by atoms with van der Waals surface area (Å²) >= 11 is 1.48. The molecule has 1 aromatic heterocycles. The lowest BCUT2D eigenvalue weighted by Gasteiger charge is -2.05. The maximum Gasteiger partial charge on any atom is 0.277 e. The van der Waals surface area contributed by atoms with Gasteiger partial charge < -0.3 is 4.42 Å². The van der Waals surface area contributed by atoms with E-state index in [9.17, 15) is 8.42 Å². The Hall–Kier alpha value is -2.32. The van der Waals surface area contributed by atoms with Crippen LogP contribution in [-0.2, 0) is 15.8 Å². The SMILES string of the molecule is CCS(=O)(=O)Nc1ccc(-c2nnc(SCc3ccc(C)cc3)o2)cc1. The fourth-order valence-electron chi connectivity index (χ4n) is 2.15. The fraction of sp³-hybridized carbons (Fsp3) is 0.222. The van der Waals surface area contributed by atoms with Crippen LogP contribution in [0.4, 0.5) is 5.69 Å². The molecule has 0 aliphatic rings. The Balaban J connectivity index is 1.64. The maximum atomic E-state index is 11.6. The molecule has 0 saturated heterocycles. The summed E-state index contributed by atoms with van der Waals surface area (Å²) < 4.78 is 31.3. The number of nitrogens with one attached hydrogen (secondary N) is 1. The van der Waals surface area contributed by atoms with Crippen molar-refractivity contribution in [3.8, 4) is 11.5 Å². The molecule has 0 aliphatic heterocycles. The summed E-state index contributed by atoms with van der Waals surface area (Å²) in [6.07, 6.45) is 0. The lowest BCUT2D eigenvalue weighted by atomic mass is 10.2. The van der Waals surface area contributed by atoms with E-state index in [0.29, 0.717) is 16.8 Å². The van der Waals surface area contributed by atoms with Crippen LogP contribution >= 0.6 is 11.8 Å². The first-order valence-corrected chi connectivity index (χ1v) is 10.7. The lowest BCUT2D eigenvalue weighted by molar-refractivity contribution is 0.466. The van der Waals surface area contributed by atoms with Gasteiger partial charge >= 0.3 is 0 Å². The van der Waals surface area contributed by atoms with Gasteiger partial charge in [-0.25, -0.2) is 8.42 Å². The van der Waals surface area contributed by atoms with Gasteiger partial charge in [0.25, 0.3) is 5.22 Å². The third-order valence-electron chi connectivity index (χ3n) is 3.67. The number of aromatic nitrogens is 2. The van der Waals surface area contributed by atoms with Crippen molar-refractivity contribution in [2.24, 2.45) is 0 Å². The second-order valence-corrected chi connectivity index (χ2v) is 8.67. The topological polar surface area (TPSA) is 85.1 Å². The van der Waals surface area contributed by atoms with Gasteiger partial charge in [-0.2, -0.15) is 0 Å². The molecule has 0 aliphatic carbocycles. The summed E-state index contributed by atoms with van der Waals surface area (Å²) in [6.45, 7) is 3.64. The zero-order valence-corrected chi connectivity index (χ0v) is 16.1. The molecule has 1 N–H and O–H groups in total. The molecule has 0 atom stereocenters. The molecule has 0 unspecified atom stereocenters. The van der Waals surface area contributed by atoms with Crippen molar-refractivity contribution in [1.82, 2.24) is 10.2 Å². The number of hydrogen-bond acceptors (Lipinski definition) is 6. The van der Waals surface area contributed by atoms with Crippen molar-refractivity contribution in [3.63, 3.8) is 0 Å². The quantitative estimate of drug-likeness (QED) is 0.613. The molecule has 0 bridgehead atoms. The van der Waals surface area contributed by atoms with Gasteiger partial charge in [0, 0.05) is 17.0 Å². The Bertz CT molecular complexity index is 966. The van der Waals surface area contributed by atoms with Crippen LogP contribution in [0.15, 0.2) is 58.2 Å². The second-order valence-electron chi connectivity index (χ2n) is 5.73. The summed E-state index contributed by atoms with van der Waals surface area (Å²) in [7, 11) is -3.29. The highest BCUT2D eigenvalue weighted by Gasteiger charge is 2.11. The van der Waals surface area contributed by atoms with E-state index in [1.54, 1.807) is 31.2 Å². The predicted molar refractivity (Wildman–Crippen MR) is 104 cm³/mol. The molecule has 3 aromatic rings. The third-order valence-corrected chi connectivity index (χ3v) is 5.87. The molecule has 8 heteroatoms. The van der Waals surface area contributed by atoms with Crippen LogP contribution in [0.25, 0.3) is 11.5 Å². The van der Waals surface area contributed by atoms with Gasteiger partial charge in [-0.05, 0) is 43.7 Å². The molecule has 136 valence electrons. The van der Waals surface area contributed by atoms with E-state index in [2.05, 4.69) is 46.1 Å². The summed E-state index contributed by atoms with van der Waals surface area (Å²) in [5, 5.41) is 8.61. The average molecular weight is 390 g/mol. The Labute approximate surface area is 157 Å². The fourth-order valence-corrected chi connectivity index (χ4v) is 3.51. The van der Waals surface area contributed by atoms with Gasteiger partial charge in [0.05, 0.1) is 5.75 Å². The highest BCUT2D eigenvalue weighted by Crippen LogP contribution is 2.26. The van der Waals surface area contributed by atoms with E-state index in [0.717, 1.165) is 11.3 Å². The van der Waals surface area contributed by atoms with Crippen LogP contribution < -0.4 is 4.72 Å².